The first-order valence-electron chi connectivity index (χ1n) is 5.96. The number of hydrogen-bond acceptors (Lipinski definition) is 2. The van der Waals surface area contributed by atoms with E-state index >= 15 is 0 Å². The van der Waals surface area contributed by atoms with Crippen molar-refractivity contribution in [1.29, 1.82) is 0 Å². The van der Waals surface area contributed by atoms with Gasteiger partial charge in [-0.05, 0) is 47.1 Å². The molecule has 2 aromatic rings. The number of aryl methyl sites for hydroxylation is 1. The molecule has 1 aliphatic rings. The first-order chi connectivity index (χ1) is 8.31. The van der Waals surface area contributed by atoms with Crippen LogP contribution < -0.4 is 0 Å². The molecular formula is C13H14IN3. The van der Waals surface area contributed by atoms with E-state index in [1.165, 1.54) is 22.8 Å². The molecule has 0 atom stereocenters. The highest BCUT2D eigenvalue weighted by molar-refractivity contribution is 14.1. The summed E-state index contributed by atoms with van der Waals surface area (Å²) in [5.74, 6) is 1.78. The van der Waals surface area contributed by atoms with Crippen LogP contribution in [0.25, 0.3) is 11.4 Å². The monoisotopic (exact) mass is 339 g/mol. The summed E-state index contributed by atoms with van der Waals surface area (Å²) in [6.07, 6.45) is 5.89. The lowest BCUT2D eigenvalue weighted by Gasteiger charge is -1.98. The van der Waals surface area contributed by atoms with Crippen molar-refractivity contribution in [2.24, 2.45) is 5.92 Å². The third-order valence-corrected chi connectivity index (χ3v) is 3.82. The Labute approximate surface area is 114 Å². The number of rotatable bonds is 4. The fourth-order valence-electron chi connectivity index (χ4n) is 1.85. The maximum Gasteiger partial charge on any atom is 0.181 e. The summed E-state index contributed by atoms with van der Waals surface area (Å²) in [6.45, 7) is 1.00. The number of nitrogens with zero attached hydrogens (tertiary/aromatic N) is 3. The van der Waals surface area contributed by atoms with Gasteiger partial charge in [0.2, 0.25) is 0 Å². The summed E-state index contributed by atoms with van der Waals surface area (Å²) in [7, 11) is 0. The van der Waals surface area contributed by atoms with Gasteiger partial charge in [0.15, 0.2) is 5.82 Å². The fraction of sp³-hybridized carbons (Fsp3) is 0.385. The van der Waals surface area contributed by atoms with Gasteiger partial charge in [-0.15, -0.1) is 0 Å². The molecule has 1 fully saturated rings. The summed E-state index contributed by atoms with van der Waals surface area (Å²) < 4.78 is 3.20. The smallest absolute Gasteiger partial charge is 0.181 e. The minimum Gasteiger partial charge on any atom is -0.252 e. The molecule has 0 N–H and O–H groups in total. The molecule has 0 aliphatic heterocycles. The summed E-state index contributed by atoms with van der Waals surface area (Å²) in [4.78, 5) is 4.36. The van der Waals surface area contributed by atoms with Gasteiger partial charge >= 0.3 is 0 Å². The minimum atomic E-state index is 0.831. The zero-order chi connectivity index (χ0) is 11.7. The largest absolute Gasteiger partial charge is 0.252 e. The highest BCUT2D eigenvalue weighted by atomic mass is 127. The first-order valence-corrected chi connectivity index (χ1v) is 7.04. The molecule has 1 heterocycles. The van der Waals surface area contributed by atoms with Crippen molar-refractivity contribution in [3.05, 3.63) is 34.2 Å². The Kier molecular flexibility index (Phi) is 3.13. The van der Waals surface area contributed by atoms with Crippen molar-refractivity contribution >= 4 is 22.6 Å². The Hall–Kier alpha value is -0.910. The Morgan fingerprint density at radius 2 is 2.00 bits per heavy atom. The third kappa shape index (κ3) is 2.86. The van der Waals surface area contributed by atoms with Gasteiger partial charge < -0.3 is 0 Å². The number of hydrogen-bond donors (Lipinski definition) is 0. The highest BCUT2D eigenvalue weighted by Gasteiger charge is 2.20. The Balaban J connectivity index is 1.72. The van der Waals surface area contributed by atoms with E-state index in [0.717, 1.165) is 23.9 Å². The van der Waals surface area contributed by atoms with E-state index in [2.05, 4.69) is 56.9 Å². The molecule has 17 heavy (non-hydrogen) atoms. The average molecular weight is 339 g/mol. The SMILES string of the molecule is Ic1ccc(-c2ncn(CCC3CC3)n2)cc1. The summed E-state index contributed by atoms with van der Waals surface area (Å²) in [6, 6.07) is 8.31. The molecule has 1 aromatic carbocycles. The van der Waals surface area contributed by atoms with Crippen LogP contribution in [0.4, 0.5) is 0 Å². The maximum atomic E-state index is 4.51. The van der Waals surface area contributed by atoms with E-state index in [1.54, 1.807) is 0 Å². The van der Waals surface area contributed by atoms with Crippen LogP contribution in [0, 0.1) is 9.49 Å². The zero-order valence-corrected chi connectivity index (χ0v) is 11.7. The molecule has 0 amide bonds. The predicted octanol–water partition coefficient (Wildman–Crippen LogP) is 3.35. The van der Waals surface area contributed by atoms with Crippen LogP contribution in [0.1, 0.15) is 19.3 Å². The number of aromatic nitrogens is 3. The van der Waals surface area contributed by atoms with Crippen molar-refractivity contribution in [1.82, 2.24) is 14.8 Å². The predicted molar refractivity (Wildman–Crippen MR) is 75.5 cm³/mol. The number of halogens is 1. The van der Waals surface area contributed by atoms with Gasteiger partial charge in [0.05, 0.1) is 0 Å². The number of benzene rings is 1. The van der Waals surface area contributed by atoms with Crippen LogP contribution in [-0.4, -0.2) is 14.8 Å². The van der Waals surface area contributed by atoms with Crippen molar-refractivity contribution in [3.8, 4) is 11.4 Å². The lowest BCUT2D eigenvalue weighted by atomic mass is 10.2. The molecule has 0 radical (unpaired) electrons. The van der Waals surface area contributed by atoms with Crippen molar-refractivity contribution in [2.75, 3.05) is 0 Å². The molecule has 88 valence electrons. The molecule has 1 saturated carbocycles. The van der Waals surface area contributed by atoms with Crippen LogP contribution in [0.3, 0.4) is 0 Å². The molecule has 0 saturated heterocycles. The van der Waals surface area contributed by atoms with Gasteiger partial charge in [-0.3, -0.25) is 4.68 Å². The molecule has 1 aliphatic carbocycles. The third-order valence-electron chi connectivity index (χ3n) is 3.10. The summed E-state index contributed by atoms with van der Waals surface area (Å²) in [5.41, 5.74) is 1.09. The molecule has 0 spiro atoms. The lowest BCUT2D eigenvalue weighted by Crippen LogP contribution is -1.99. The van der Waals surface area contributed by atoms with E-state index < -0.39 is 0 Å². The minimum absolute atomic E-state index is 0.831. The highest BCUT2D eigenvalue weighted by Crippen LogP contribution is 2.32. The lowest BCUT2D eigenvalue weighted by molar-refractivity contribution is 0.546. The molecule has 0 bridgehead atoms. The average Bonchev–Trinajstić information content (AvgIpc) is 3.06. The second-order valence-electron chi connectivity index (χ2n) is 4.57. The first kappa shape index (κ1) is 11.2. The van der Waals surface area contributed by atoms with Crippen LogP contribution in [0.15, 0.2) is 30.6 Å². The Bertz CT molecular complexity index is 500. The molecule has 3 nitrogen and oxygen atoms in total. The standard InChI is InChI=1S/C13H14IN3/c14-12-5-3-11(4-6-12)13-15-9-17(16-13)8-7-10-1-2-10/h3-6,9-10H,1-2,7-8H2. The normalized spacial score (nSPS) is 15.1. The molecule has 1 aromatic heterocycles. The van der Waals surface area contributed by atoms with Gasteiger partial charge in [0.1, 0.15) is 6.33 Å². The van der Waals surface area contributed by atoms with Crippen molar-refractivity contribution < 1.29 is 0 Å². The Morgan fingerprint density at radius 1 is 1.24 bits per heavy atom. The second kappa shape index (κ2) is 4.76. The molecule has 3 rings (SSSR count). The van der Waals surface area contributed by atoms with E-state index in [4.69, 9.17) is 0 Å². The van der Waals surface area contributed by atoms with Crippen molar-refractivity contribution in [2.45, 2.75) is 25.8 Å². The summed E-state index contributed by atoms with van der Waals surface area (Å²) >= 11 is 2.30. The van der Waals surface area contributed by atoms with Gasteiger partial charge in [-0.25, -0.2) is 4.98 Å². The van der Waals surface area contributed by atoms with Crippen LogP contribution in [0.5, 0.6) is 0 Å². The van der Waals surface area contributed by atoms with E-state index in [0.29, 0.717) is 0 Å². The summed E-state index contributed by atoms with van der Waals surface area (Å²) in [5, 5.41) is 4.51. The molecular weight excluding hydrogens is 325 g/mol. The van der Waals surface area contributed by atoms with Crippen LogP contribution in [0.2, 0.25) is 0 Å². The van der Waals surface area contributed by atoms with E-state index in [9.17, 15) is 0 Å². The molecule has 0 unspecified atom stereocenters. The van der Waals surface area contributed by atoms with Gasteiger partial charge in [0, 0.05) is 15.7 Å². The maximum absolute atomic E-state index is 4.51. The zero-order valence-electron chi connectivity index (χ0n) is 9.51. The van der Waals surface area contributed by atoms with Crippen molar-refractivity contribution in [3.63, 3.8) is 0 Å². The van der Waals surface area contributed by atoms with Gasteiger partial charge in [0.25, 0.3) is 0 Å². The van der Waals surface area contributed by atoms with E-state index in [-0.39, 0.29) is 0 Å². The quantitative estimate of drug-likeness (QED) is 0.800. The topological polar surface area (TPSA) is 30.7 Å². The van der Waals surface area contributed by atoms with Crippen LogP contribution in [-0.2, 0) is 6.54 Å². The van der Waals surface area contributed by atoms with E-state index in [1.807, 2.05) is 11.0 Å². The Morgan fingerprint density at radius 3 is 2.71 bits per heavy atom. The van der Waals surface area contributed by atoms with Crippen LogP contribution >= 0.6 is 22.6 Å². The van der Waals surface area contributed by atoms with Gasteiger partial charge in [-0.1, -0.05) is 25.0 Å². The fourth-order valence-corrected chi connectivity index (χ4v) is 2.21. The second-order valence-corrected chi connectivity index (χ2v) is 5.82. The molecule has 4 heteroatoms. The van der Waals surface area contributed by atoms with Gasteiger partial charge in [-0.2, -0.15) is 5.10 Å².